The Bertz CT molecular complexity index is 611. The molecule has 0 aliphatic carbocycles. The highest BCUT2D eigenvalue weighted by atomic mass is 32.1. The minimum absolute atomic E-state index is 0.291. The molecule has 0 unspecified atom stereocenters. The van der Waals surface area contributed by atoms with Crippen LogP contribution in [0.15, 0.2) is 24.4 Å². The Morgan fingerprint density at radius 1 is 1.50 bits per heavy atom. The van der Waals surface area contributed by atoms with Crippen molar-refractivity contribution in [1.82, 2.24) is 20.4 Å². The first-order chi connectivity index (χ1) is 10.7. The number of aromatic nitrogens is 2. The van der Waals surface area contributed by atoms with Crippen molar-refractivity contribution in [3.63, 3.8) is 0 Å². The van der Waals surface area contributed by atoms with Gasteiger partial charge in [-0.25, -0.2) is 0 Å². The average molecular weight is 320 g/mol. The van der Waals surface area contributed by atoms with Crippen LogP contribution >= 0.6 is 11.3 Å². The fraction of sp³-hybridized carbons (Fsp3) is 0.467. The molecule has 0 saturated carbocycles. The van der Waals surface area contributed by atoms with E-state index in [0.29, 0.717) is 12.5 Å². The Morgan fingerprint density at radius 2 is 2.41 bits per heavy atom. The summed E-state index contributed by atoms with van der Waals surface area (Å²) in [5.41, 5.74) is 1.06. The quantitative estimate of drug-likeness (QED) is 0.744. The highest BCUT2D eigenvalue weighted by molar-refractivity contribution is 7.15. The number of carbonyl (C=O) groups excluding carboxylic acids is 1. The van der Waals surface area contributed by atoms with Crippen molar-refractivity contribution in [2.75, 3.05) is 26.2 Å². The van der Waals surface area contributed by atoms with Crippen LogP contribution in [-0.2, 0) is 11.3 Å². The summed E-state index contributed by atoms with van der Waals surface area (Å²) >= 11 is 1.78. The van der Waals surface area contributed by atoms with Gasteiger partial charge in [0.25, 0.3) is 0 Å². The summed E-state index contributed by atoms with van der Waals surface area (Å²) in [7, 11) is 0. The molecule has 1 aliphatic heterocycles. The molecule has 1 aliphatic rings. The molecular weight excluding hydrogens is 300 g/mol. The summed E-state index contributed by atoms with van der Waals surface area (Å²) in [4.78, 5) is 16.0. The second-order valence-corrected chi connectivity index (χ2v) is 6.76. The lowest BCUT2D eigenvalue weighted by Gasteiger charge is -2.15. The zero-order valence-electron chi connectivity index (χ0n) is 12.3. The molecule has 2 aromatic heterocycles. The van der Waals surface area contributed by atoms with E-state index in [2.05, 4.69) is 32.5 Å². The number of aromatic amines is 1. The predicted molar refractivity (Wildman–Crippen MR) is 85.4 cm³/mol. The average Bonchev–Trinajstić information content (AvgIpc) is 3.26. The van der Waals surface area contributed by atoms with Crippen LogP contribution < -0.4 is 5.32 Å². The van der Waals surface area contributed by atoms with Gasteiger partial charge in [-0.2, -0.15) is 5.10 Å². The number of aliphatic hydroxyl groups is 1. The van der Waals surface area contributed by atoms with Gasteiger partial charge in [0.2, 0.25) is 5.91 Å². The molecule has 0 radical (unpaired) electrons. The third kappa shape index (κ3) is 3.73. The number of aliphatic hydroxyl groups excluding tert-OH is 1. The zero-order chi connectivity index (χ0) is 15.4. The molecular formula is C15H20N4O2S. The number of carbonyl (C=O) groups is 1. The Kier molecular flexibility index (Phi) is 4.87. The minimum Gasteiger partial charge on any atom is -0.387 e. The van der Waals surface area contributed by atoms with Gasteiger partial charge >= 0.3 is 0 Å². The van der Waals surface area contributed by atoms with Crippen molar-refractivity contribution in [3.8, 4) is 10.6 Å². The van der Waals surface area contributed by atoms with Gasteiger partial charge in [-0.1, -0.05) is 0 Å². The van der Waals surface area contributed by atoms with Gasteiger partial charge in [-0.15, -0.1) is 11.3 Å². The maximum atomic E-state index is 11.1. The standard InChI is InChI=1S/C15H20N4O2S/c20-10-15(21)16-7-11-4-6-19(8-11)9-12-1-2-14(22-12)13-3-5-17-18-13/h1-3,5,11,20H,4,6-10H2,(H,16,21)(H,17,18)/t11-/m0/s1. The maximum absolute atomic E-state index is 11.1. The van der Waals surface area contributed by atoms with Crippen LogP contribution in [0.1, 0.15) is 11.3 Å². The fourth-order valence-electron chi connectivity index (χ4n) is 2.76. The van der Waals surface area contributed by atoms with Crippen molar-refractivity contribution < 1.29 is 9.90 Å². The molecule has 22 heavy (non-hydrogen) atoms. The molecule has 3 N–H and O–H groups in total. The highest BCUT2D eigenvalue weighted by Gasteiger charge is 2.23. The van der Waals surface area contributed by atoms with E-state index in [4.69, 9.17) is 5.11 Å². The van der Waals surface area contributed by atoms with Crippen molar-refractivity contribution in [2.45, 2.75) is 13.0 Å². The predicted octanol–water partition coefficient (Wildman–Crippen LogP) is 1.07. The second kappa shape index (κ2) is 7.04. The van der Waals surface area contributed by atoms with Crippen LogP contribution in [0.4, 0.5) is 0 Å². The number of nitrogens with one attached hydrogen (secondary N) is 2. The number of nitrogens with zero attached hydrogens (tertiary/aromatic N) is 2. The summed E-state index contributed by atoms with van der Waals surface area (Å²) in [6, 6.07) is 6.27. The van der Waals surface area contributed by atoms with E-state index < -0.39 is 6.61 Å². The third-order valence-electron chi connectivity index (χ3n) is 3.91. The van der Waals surface area contributed by atoms with E-state index in [-0.39, 0.29) is 5.91 Å². The van der Waals surface area contributed by atoms with Crippen molar-refractivity contribution in [3.05, 3.63) is 29.3 Å². The number of likely N-dealkylation sites (tertiary alicyclic amines) is 1. The molecule has 1 fully saturated rings. The summed E-state index contributed by atoms with van der Waals surface area (Å²) < 4.78 is 0. The minimum atomic E-state index is -0.429. The lowest BCUT2D eigenvalue weighted by Crippen LogP contribution is -2.32. The number of amides is 1. The van der Waals surface area contributed by atoms with Gasteiger partial charge in [0.15, 0.2) is 0 Å². The second-order valence-electron chi connectivity index (χ2n) is 5.59. The first-order valence-electron chi connectivity index (χ1n) is 7.43. The van der Waals surface area contributed by atoms with Crippen LogP contribution in [-0.4, -0.2) is 52.4 Å². The van der Waals surface area contributed by atoms with Gasteiger partial charge < -0.3 is 10.4 Å². The summed E-state index contributed by atoms with van der Waals surface area (Å²) in [6.45, 7) is 3.21. The molecule has 7 heteroatoms. The van der Waals surface area contributed by atoms with Crippen molar-refractivity contribution >= 4 is 17.2 Å². The number of H-pyrrole nitrogens is 1. The molecule has 3 heterocycles. The van der Waals surface area contributed by atoms with Crippen molar-refractivity contribution in [2.24, 2.45) is 5.92 Å². The number of rotatable bonds is 6. The molecule has 118 valence electrons. The monoisotopic (exact) mass is 320 g/mol. The molecule has 1 saturated heterocycles. The molecule has 0 bridgehead atoms. The number of hydrogen-bond acceptors (Lipinski definition) is 5. The van der Waals surface area contributed by atoms with Gasteiger partial charge in [0.1, 0.15) is 6.61 Å². The molecule has 6 nitrogen and oxygen atoms in total. The van der Waals surface area contributed by atoms with Crippen LogP contribution in [0.25, 0.3) is 10.6 Å². The maximum Gasteiger partial charge on any atom is 0.245 e. The molecule has 2 aromatic rings. The van der Waals surface area contributed by atoms with Gasteiger partial charge in [0.05, 0.1) is 10.6 Å². The van der Waals surface area contributed by atoms with Crippen LogP contribution in [0.3, 0.4) is 0 Å². The van der Waals surface area contributed by atoms with E-state index in [1.54, 1.807) is 17.5 Å². The largest absolute Gasteiger partial charge is 0.387 e. The number of thiophene rings is 1. The first kappa shape index (κ1) is 15.2. The van der Waals surface area contributed by atoms with E-state index in [9.17, 15) is 4.79 Å². The summed E-state index contributed by atoms with van der Waals surface area (Å²) in [5.74, 6) is 0.184. The Hall–Kier alpha value is -1.70. The molecule has 1 atom stereocenters. The lowest BCUT2D eigenvalue weighted by molar-refractivity contribution is -0.123. The van der Waals surface area contributed by atoms with Gasteiger partial charge in [-0.05, 0) is 37.1 Å². The number of hydrogen-bond donors (Lipinski definition) is 3. The van der Waals surface area contributed by atoms with Crippen molar-refractivity contribution in [1.29, 1.82) is 0 Å². The van der Waals surface area contributed by atoms with Crippen LogP contribution in [0.5, 0.6) is 0 Å². The molecule has 0 spiro atoms. The Labute approximate surface area is 133 Å². The molecule has 1 amide bonds. The normalized spacial score (nSPS) is 18.7. The lowest BCUT2D eigenvalue weighted by atomic mass is 10.1. The summed E-state index contributed by atoms with van der Waals surface area (Å²) in [6.07, 6.45) is 2.85. The first-order valence-corrected chi connectivity index (χ1v) is 8.24. The smallest absolute Gasteiger partial charge is 0.245 e. The Balaban J connectivity index is 1.49. The fourth-order valence-corrected chi connectivity index (χ4v) is 3.78. The van der Waals surface area contributed by atoms with E-state index in [0.717, 1.165) is 31.7 Å². The van der Waals surface area contributed by atoms with Crippen LogP contribution in [0, 0.1) is 5.92 Å². The highest BCUT2D eigenvalue weighted by Crippen LogP contribution is 2.28. The SMILES string of the molecule is O=C(CO)NC[C@@H]1CCN(Cc2ccc(-c3ccn[nH]3)s2)C1. The van der Waals surface area contributed by atoms with Gasteiger partial charge in [-0.3, -0.25) is 14.8 Å². The molecule has 0 aromatic carbocycles. The van der Waals surface area contributed by atoms with Crippen LogP contribution in [0.2, 0.25) is 0 Å². The van der Waals surface area contributed by atoms with E-state index >= 15 is 0 Å². The molecule has 3 rings (SSSR count). The Morgan fingerprint density at radius 3 is 3.18 bits per heavy atom. The van der Waals surface area contributed by atoms with E-state index in [1.807, 2.05) is 6.07 Å². The zero-order valence-corrected chi connectivity index (χ0v) is 13.1. The topological polar surface area (TPSA) is 81.2 Å². The van der Waals surface area contributed by atoms with Gasteiger partial charge in [0, 0.05) is 30.7 Å². The van der Waals surface area contributed by atoms with E-state index in [1.165, 1.54) is 9.75 Å². The summed E-state index contributed by atoms with van der Waals surface area (Å²) in [5, 5.41) is 18.4. The third-order valence-corrected chi connectivity index (χ3v) is 5.01.